The fraction of sp³-hybridized carbons (Fsp3) is 0.364. The van der Waals surface area contributed by atoms with Crippen LogP contribution < -0.4 is 14.8 Å². The van der Waals surface area contributed by atoms with Crippen molar-refractivity contribution in [2.24, 2.45) is 0 Å². The van der Waals surface area contributed by atoms with E-state index in [0.717, 1.165) is 42.4 Å². The SMILES string of the molecule is CCOc1cc(C(=S)N2CCN(C)CC2)ccc1OCC(=O)Nc1ccccc1. The Labute approximate surface area is 177 Å². The fourth-order valence-electron chi connectivity index (χ4n) is 3.08. The highest BCUT2D eigenvalue weighted by atomic mass is 32.1. The first-order valence-electron chi connectivity index (χ1n) is 9.79. The number of hydrogen-bond acceptors (Lipinski definition) is 5. The van der Waals surface area contributed by atoms with Crippen molar-refractivity contribution in [2.75, 3.05) is 51.8 Å². The lowest BCUT2D eigenvalue weighted by atomic mass is 10.1. The maximum absolute atomic E-state index is 12.2. The molecule has 0 atom stereocenters. The number of benzene rings is 2. The van der Waals surface area contributed by atoms with Crippen LogP contribution in [0.15, 0.2) is 48.5 Å². The first kappa shape index (κ1) is 21.1. The summed E-state index contributed by atoms with van der Waals surface area (Å²) in [7, 11) is 2.12. The quantitative estimate of drug-likeness (QED) is 0.705. The average molecular weight is 414 g/mol. The van der Waals surface area contributed by atoms with Crippen molar-refractivity contribution in [3.05, 3.63) is 54.1 Å². The number of thiocarbonyl (C=S) groups is 1. The molecule has 154 valence electrons. The standard InChI is InChI=1S/C22H27N3O3S/c1-3-27-20-15-17(22(29)25-13-11-24(2)12-14-25)9-10-19(20)28-16-21(26)23-18-7-5-4-6-8-18/h4-10,15H,3,11-14,16H2,1-2H3,(H,23,26). The van der Waals surface area contributed by atoms with Gasteiger partial charge in [-0.05, 0) is 44.3 Å². The Morgan fingerprint density at radius 3 is 2.45 bits per heavy atom. The van der Waals surface area contributed by atoms with E-state index >= 15 is 0 Å². The van der Waals surface area contributed by atoms with E-state index in [1.165, 1.54) is 0 Å². The summed E-state index contributed by atoms with van der Waals surface area (Å²) >= 11 is 5.69. The second-order valence-corrected chi connectivity index (χ2v) is 7.28. The number of nitrogens with zero attached hydrogens (tertiary/aromatic N) is 2. The van der Waals surface area contributed by atoms with E-state index in [1.807, 2.05) is 55.5 Å². The van der Waals surface area contributed by atoms with Gasteiger partial charge in [0.25, 0.3) is 5.91 Å². The maximum Gasteiger partial charge on any atom is 0.262 e. The number of rotatable bonds is 7. The lowest BCUT2D eigenvalue weighted by Gasteiger charge is -2.34. The summed E-state index contributed by atoms with van der Waals surface area (Å²) in [5, 5.41) is 2.80. The zero-order valence-corrected chi connectivity index (χ0v) is 17.7. The number of ether oxygens (including phenoxy) is 2. The number of amides is 1. The Morgan fingerprint density at radius 1 is 1.03 bits per heavy atom. The summed E-state index contributed by atoms with van der Waals surface area (Å²) < 4.78 is 11.5. The zero-order chi connectivity index (χ0) is 20.6. The van der Waals surface area contributed by atoms with Crippen LogP contribution in [0.2, 0.25) is 0 Å². The summed E-state index contributed by atoms with van der Waals surface area (Å²) in [6.07, 6.45) is 0. The Kier molecular flexibility index (Phi) is 7.43. The van der Waals surface area contributed by atoms with Crippen molar-refractivity contribution in [1.82, 2.24) is 9.80 Å². The lowest BCUT2D eigenvalue weighted by molar-refractivity contribution is -0.118. The Balaban J connectivity index is 1.64. The highest BCUT2D eigenvalue weighted by Crippen LogP contribution is 2.29. The second kappa shape index (κ2) is 10.2. The molecular weight excluding hydrogens is 386 g/mol. The molecule has 2 aromatic rings. The molecule has 0 radical (unpaired) electrons. The van der Waals surface area contributed by atoms with Gasteiger partial charge in [-0.25, -0.2) is 0 Å². The summed E-state index contributed by atoms with van der Waals surface area (Å²) in [5.74, 6) is 0.893. The number of hydrogen-bond donors (Lipinski definition) is 1. The van der Waals surface area contributed by atoms with Gasteiger partial charge in [0.05, 0.1) is 6.61 Å². The number of carbonyl (C=O) groups is 1. The summed E-state index contributed by atoms with van der Waals surface area (Å²) in [5.41, 5.74) is 1.66. The summed E-state index contributed by atoms with van der Waals surface area (Å²) in [6.45, 7) is 6.13. The maximum atomic E-state index is 12.2. The number of para-hydroxylation sites is 1. The predicted molar refractivity (Wildman–Crippen MR) is 119 cm³/mol. The fourth-order valence-corrected chi connectivity index (χ4v) is 3.39. The van der Waals surface area contributed by atoms with E-state index in [-0.39, 0.29) is 12.5 Å². The highest BCUT2D eigenvalue weighted by molar-refractivity contribution is 7.80. The summed E-state index contributed by atoms with van der Waals surface area (Å²) in [4.78, 5) is 17.5. The number of anilines is 1. The van der Waals surface area contributed by atoms with Crippen LogP contribution in [0.1, 0.15) is 12.5 Å². The Bertz CT molecular complexity index is 836. The van der Waals surface area contributed by atoms with Crippen LogP contribution in [0.3, 0.4) is 0 Å². The molecule has 1 fully saturated rings. The minimum Gasteiger partial charge on any atom is -0.490 e. The third kappa shape index (κ3) is 5.92. The van der Waals surface area contributed by atoms with Gasteiger partial charge >= 0.3 is 0 Å². The van der Waals surface area contributed by atoms with E-state index in [1.54, 1.807) is 0 Å². The van der Waals surface area contributed by atoms with Crippen LogP contribution in [-0.2, 0) is 4.79 Å². The molecule has 29 heavy (non-hydrogen) atoms. The number of nitrogens with one attached hydrogen (secondary N) is 1. The molecule has 0 aliphatic carbocycles. The molecule has 0 unspecified atom stereocenters. The lowest BCUT2D eigenvalue weighted by Crippen LogP contribution is -2.46. The van der Waals surface area contributed by atoms with Crippen molar-refractivity contribution in [1.29, 1.82) is 0 Å². The monoisotopic (exact) mass is 413 g/mol. The molecule has 0 spiro atoms. The van der Waals surface area contributed by atoms with Gasteiger partial charge in [-0.2, -0.15) is 0 Å². The van der Waals surface area contributed by atoms with E-state index in [2.05, 4.69) is 22.2 Å². The van der Waals surface area contributed by atoms with Gasteiger partial charge in [0.15, 0.2) is 18.1 Å². The van der Waals surface area contributed by atoms with Gasteiger partial charge in [-0.15, -0.1) is 0 Å². The predicted octanol–water partition coefficient (Wildman–Crippen LogP) is 3.03. The molecule has 3 rings (SSSR count). The van der Waals surface area contributed by atoms with E-state index in [9.17, 15) is 4.79 Å². The molecule has 0 bridgehead atoms. The van der Waals surface area contributed by atoms with Crippen LogP contribution in [0, 0.1) is 0 Å². The minimum absolute atomic E-state index is 0.1000. The van der Waals surface area contributed by atoms with Crippen LogP contribution >= 0.6 is 12.2 Å². The minimum atomic E-state index is -0.226. The first-order valence-corrected chi connectivity index (χ1v) is 10.2. The van der Waals surface area contributed by atoms with Gasteiger partial charge in [-0.1, -0.05) is 30.4 Å². The van der Waals surface area contributed by atoms with Crippen molar-refractivity contribution in [3.63, 3.8) is 0 Å². The van der Waals surface area contributed by atoms with E-state index in [0.29, 0.717) is 18.1 Å². The second-order valence-electron chi connectivity index (χ2n) is 6.89. The van der Waals surface area contributed by atoms with Gasteiger partial charge < -0.3 is 24.6 Å². The number of piperazine rings is 1. The topological polar surface area (TPSA) is 54.0 Å². The van der Waals surface area contributed by atoms with E-state index in [4.69, 9.17) is 21.7 Å². The molecular formula is C22H27N3O3S. The number of carbonyl (C=O) groups excluding carboxylic acids is 1. The van der Waals surface area contributed by atoms with Crippen LogP contribution in [0.4, 0.5) is 5.69 Å². The normalized spacial score (nSPS) is 14.3. The molecule has 1 heterocycles. The molecule has 0 aromatic heterocycles. The molecule has 1 aliphatic heterocycles. The van der Waals surface area contributed by atoms with Gasteiger partial charge in [0.1, 0.15) is 4.99 Å². The van der Waals surface area contributed by atoms with Gasteiger partial charge in [0.2, 0.25) is 0 Å². The molecule has 1 amide bonds. The Hall–Kier alpha value is -2.64. The molecule has 1 saturated heterocycles. The molecule has 7 heteroatoms. The van der Waals surface area contributed by atoms with Crippen LogP contribution in [0.5, 0.6) is 11.5 Å². The molecule has 1 aliphatic rings. The average Bonchev–Trinajstić information content (AvgIpc) is 2.74. The Morgan fingerprint density at radius 2 is 1.76 bits per heavy atom. The molecule has 2 aromatic carbocycles. The van der Waals surface area contributed by atoms with Crippen molar-refractivity contribution in [3.8, 4) is 11.5 Å². The third-order valence-electron chi connectivity index (χ3n) is 4.70. The van der Waals surface area contributed by atoms with E-state index < -0.39 is 0 Å². The van der Waals surface area contributed by atoms with Crippen molar-refractivity contribution < 1.29 is 14.3 Å². The summed E-state index contributed by atoms with van der Waals surface area (Å²) in [6, 6.07) is 14.9. The van der Waals surface area contributed by atoms with Gasteiger partial charge in [0, 0.05) is 37.4 Å². The number of likely N-dealkylation sites (N-methyl/N-ethyl adjacent to an activating group) is 1. The highest BCUT2D eigenvalue weighted by Gasteiger charge is 2.19. The zero-order valence-electron chi connectivity index (χ0n) is 16.9. The molecule has 0 saturated carbocycles. The van der Waals surface area contributed by atoms with Crippen molar-refractivity contribution in [2.45, 2.75) is 6.92 Å². The molecule has 1 N–H and O–H groups in total. The van der Waals surface area contributed by atoms with Crippen LogP contribution in [-0.4, -0.2) is 67.1 Å². The van der Waals surface area contributed by atoms with Gasteiger partial charge in [-0.3, -0.25) is 4.79 Å². The third-order valence-corrected chi connectivity index (χ3v) is 5.19. The molecule has 6 nitrogen and oxygen atoms in total. The van der Waals surface area contributed by atoms with Crippen molar-refractivity contribution >= 4 is 28.8 Å². The largest absolute Gasteiger partial charge is 0.490 e. The van der Waals surface area contributed by atoms with Crippen LogP contribution in [0.25, 0.3) is 0 Å². The first-order chi connectivity index (χ1) is 14.1. The smallest absolute Gasteiger partial charge is 0.262 e.